The molecule has 208 valence electrons. The van der Waals surface area contributed by atoms with Crippen LogP contribution < -0.4 is 5.32 Å². The Balaban J connectivity index is 1.41. The number of amides is 1. The van der Waals surface area contributed by atoms with Crippen LogP contribution in [-0.4, -0.2) is 45.3 Å². The van der Waals surface area contributed by atoms with Crippen LogP contribution in [0.2, 0.25) is 0 Å². The van der Waals surface area contributed by atoms with Crippen molar-refractivity contribution in [2.45, 2.75) is 64.3 Å². The third-order valence-electron chi connectivity index (χ3n) is 7.59. The quantitative estimate of drug-likeness (QED) is 0.273. The molecule has 0 radical (unpaired) electrons. The van der Waals surface area contributed by atoms with E-state index in [0.29, 0.717) is 25.7 Å². The van der Waals surface area contributed by atoms with Crippen LogP contribution in [-0.2, 0) is 16.8 Å². The van der Waals surface area contributed by atoms with E-state index in [1.807, 2.05) is 25.7 Å². The molecule has 6 nitrogen and oxygen atoms in total. The van der Waals surface area contributed by atoms with E-state index in [2.05, 4.69) is 114 Å². The van der Waals surface area contributed by atoms with Crippen molar-refractivity contribution in [3.05, 3.63) is 125 Å². The summed E-state index contributed by atoms with van der Waals surface area (Å²) in [6.45, 7) is 9.86. The number of imidazole rings is 1. The van der Waals surface area contributed by atoms with Gasteiger partial charge in [0.1, 0.15) is 17.0 Å². The first-order valence-electron chi connectivity index (χ1n) is 14.2. The summed E-state index contributed by atoms with van der Waals surface area (Å²) in [7, 11) is 0. The molecule has 6 heteroatoms. The molecule has 1 amide bonds. The largest absolute Gasteiger partial charge is 0.444 e. The number of aromatic nitrogens is 2. The van der Waals surface area contributed by atoms with E-state index in [-0.39, 0.29) is 6.09 Å². The molecule has 1 saturated heterocycles. The fraction of sp³-hybridized carbons (Fsp3) is 0.353. The maximum absolute atomic E-state index is 12.5. The predicted molar refractivity (Wildman–Crippen MR) is 159 cm³/mol. The summed E-state index contributed by atoms with van der Waals surface area (Å²) >= 11 is 0. The molecule has 3 aromatic carbocycles. The average Bonchev–Trinajstić information content (AvgIpc) is 3.34. The number of hydrogen-bond donors (Lipinski definition) is 1. The fourth-order valence-corrected chi connectivity index (χ4v) is 5.75. The van der Waals surface area contributed by atoms with Crippen molar-refractivity contribution in [1.82, 2.24) is 19.8 Å². The summed E-state index contributed by atoms with van der Waals surface area (Å²) in [4.78, 5) is 19.3. The lowest BCUT2D eigenvalue weighted by molar-refractivity contribution is 0.0198. The van der Waals surface area contributed by atoms with Crippen molar-refractivity contribution in [2.75, 3.05) is 13.1 Å². The molecule has 2 heterocycles. The zero-order valence-corrected chi connectivity index (χ0v) is 24.0. The van der Waals surface area contributed by atoms with Gasteiger partial charge in [-0.2, -0.15) is 0 Å². The Kier molecular flexibility index (Phi) is 8.08. The second-order valence-corrected chi connectivity index (χ2v) is 11.6. The molecule has 1 aliphatic heterocycles. The minimum absolute atomic E-state index is 0.223. The number of piperidine rings is 1. The fourth-order valence-electron chi connectivity index (χ4n) is 5.75. The summed E-state index contributed by atoms with van der Waals surface area (Å²) < 4.78 is 7.88. The molecule has 40 heavy (non-hydrogen) atoms. The number of carbonyl (C=O) groups excluding carboxylic acids is 1. The van der Waals surface area contributed by atoms with Gasteiger partial charge in [-0.15, -0.1) is 0 Å². The van der Waals surface area contributed by atoms with Crippen LogP contribution in [0.5, 0.6) is 0 Å². The van der Waals surface area contributed by atoms with Crippen molar-refractivity contribution in [2.24, 2.45) is 0 Å². The van der Waals surface area contributed by atoms with E-state index in [1.54, 1.807) is 0 Å². The average molecular weight is 537 g/mol. The number of ether oxygens (including phenoxy) is 1. The molecule has 1 aliphatic rings. The number of aryl methyl sites for hydroxylation is 1. The molecule has 4 aromatic rings. The van der Waals surface area contributed by atoms with Gasteiger partial charge in [-0.3, -0.25) is 0 Å². The lowest BCUT2D eigenvalue weighted by Gasteiger charge is -2.38. The predicted octanol–water partition coefficient (Wildman–Crippen LogP) is 6.52. The molecule has 0 unspecified atom stereocenters. The first kappa shape index (κ1) is 27.7. The number of nitrogens with zero attached hydrogens (tertiary/aromatic N) is 3. The number of carbonyl (C=O) groups is 1. The van der Waals surface area contributed by atoms with E-state index in [4.69, 9.17) is 9.72 Å². The maximum Gasteiger partial charge on any atom is 0.410 e. The van der Waals surface area contributed by atoms with E-state index < -0.39 is 11.1 Å². The monoisotopic (exact) mass is 536 g/mol. The lowest BCUT2D eigenvalue weighted by atomic mass is 9.76. The highest BCUT2D eigenvalue weighted by Gasteiger charge is 2.39. The Labute approximate surface area is 238 Å². The van der Waals surface area contributed by atoms with Crippen LogP contribution >= 0.6 is 0 Å². The van der Waals surface area contributed by atoms with E-state index in [0.717, 1.165) is 24.4 Å². The summed E-state index contributed by atoms with van der Waals surface area (Å²) in [5, 5.41) is 3.70. The highest BCUT2D eigenvalue weighted by Crippen LogP contribution is 2.41. The zero-order chi connectivity index (χ0) is 28.2. The molecule has 0 aliphatic carbocycles. The van der Waals surface area contributed by atoms with Gasteiger partial charge >= 0.3 is 6.09 Å². The molecule has 1 N–H and O–H groups in total. The minimum Gasteiger partial charge on any atom is -0.444 e. The molecule has 1 fully saturated rings. The Morgan fingerprint density at radius 3 is 1.77 bits per heavy atom. The zero-order valence-electron chi connectivity index (χ0n) is 24.0. The van der Waals surface area contributed by atoms with E-state index in [9.17, 15) is 4.79 Å². The Morgan fingerprint density at radius 1 is 0.850 bits per heavy atom. The number of likely N-dealkylation sites (tertiary alicyclic amines) is 1. The Bertz CT molecular complexity index is 1290. The van der Waals surface area contributed by atoms with Gasteiger partial charge in [-0.1, -0.05) is 91.0 Å². The van der Waals surface area contributed by atoms with Crippen LogP contribution in [0.15, 0.2) is 97.2 Å². The van der Waals surface area contributed by atoms with Gasteiger partial charge in [0.25, 0.3) is 0 Å². The van der Waals surface area contributed by atoms with E-state index in [1.165, 1.54) is 16.7 Å². The van der Waals surface area contributed by atoms with Crippen molar-refractivity contribution in [3.8, 4) is 0 Å². The summed E-state index contributed by atoms with van der Waals surface area (Å²) in [6, 6.07) is 32.4. The number of hydrogen-bond acceptors (Lipinski definition) is 4. The molecule has 5 rings (SSSR count). The van der Waals surface area contributed by atoms with Crippen LogP contribution in [0.25, 0.3) is 0 Å². The van der Waals surface area contributed by atoms with Crippen LogP contribution in [0.4, 0.5) is 4.79 Å². The van der Waals surface area contributed by atoms with Crippen LogP contribution in [0.1, 0.15) is 61.8 Å². The van der Waals surface area contributed by atoms with E-state index >= 15 is 0 Å². The van der Waals surface area contributed by atoms with Crippen LogP contribution in [0, 0.1) is 6.92 Å². The third-order valence-corrected chi connectivity index (χ3v) is 7.59. The second kappa shape index (κ2) is 11.7. The first-order chi connectivity index (χ1) is 19.3. The lowest BCUT2D eigenvalue weighted by Crippen LogP contribution is -2.46. The molecular formula is C34H40N4O2. The van der Waals surface area contributed by atoms with Crippen molar-refractivity contribution < 1.29 is 9.53 Å². The van der Waals surface area contributed by atoms with Gasteiger partial charge < -0.3 is 19.5 Å². The number of rotatable bonds is 7. The number of nitrogens with one attached hydrogen (secondary N) is 1. The normalized spacial score (nSPS) is 14.8. The van der Waals surface area contributed by atoms with Gasteiger partial charge in [0, 0.05) is 31.9 Å². The smallest absolute Gasteiger partial charge is 0.410 e. The van der Waals surface area contributed by atoms with Gasteiger partial charge in [-0.05, 0) is 57.2 Å². The summed E-state index contributed by atoms with van der Waals surface area (Å²) in [6.07, 6.45) is 3.76. The third kappa shape index (κ3) is 5.82. The van der Waals surface area contributed by atoms with Crippen molar-refractivity contribution in [1.29, 1.82) is 0 Å². The Morgan fingerprint density at radius 2 is 1.32 bits per heavy atom. The molecule has 0 spiro atoms. The van der Waals surface area contributed by atoms with Gasteiger partial charge in [0.05, 0.1) is 5.69 Å². The molecule has 1 aromatic heterocycles. The SMILES string of the molecule is Cc1nc(CNC2CCN(C(=O)OC(C)(C)C)CC2)cn1C(c1ccccc1)(c1ccccc1)c1ccccc1. The molecule has 0 bridgehead atoms. The minimum atomic E-state index is -0.572. The highest BCUT2D eigenvalue weighted by atomic mass is 16.6. The van der Waals surface area contributed by atoms with Crippen molar-refractivity contribution >= 4 is 6.09 Å². The van der Waals surface area contributed by atoms with Gasteiger partial charge in [0.2, 0.25) is 0 Å². The number of benzene rings is 3. The standard InChI is InChI=1S/C34H40N4O2/c1-26-36-31(24-35-30-20-22-37(23-21-30)32(39)40-33(2,3)4)25-38(26)34(27-14-8-5-9-15-27,28-16-10-6-11-17-28)29-18-12-7-13-19-29/h5-19,25,30,35H,20-24H2,1-4H3. The second-order valence-electron chi connectivity index (χ2n) is 11.6. The van der Waals surface area contributed by atoms with Gasteiger partial charge in [-0.25, -0.2) is 9.78 Å². The summed E-state index contributed by atoms with van der Waals surface area (Å²) in [5.41, 5.74) is 3.50. The summed E-state index contributed by atoms with van der Waals surface area (Å²) in [5.74, 6) is 0.952. The maximum atomic E-state index is 12.5. The van der Waals surface area contributed by atoms with Crippen molar-refractivity contribution in [3.63, 3.8) is 0 Å². The topological polar surface area (TPSA) is 59.4 Å². The molecular weight excluding hydrogens is 496 g/mol. The van der Waals surface area contributed by atoms with Gasteiger partial charge in [0.15, 0.2) is 0 Å². The highest BCUT2D eigenvalue weighted by molar-refractivity contribution is 5.68. The first-order valence-corrected chi connectivity index (χ1v) is 14.2. The van der Waals surface area contributed by atoms with Crippen LogP contribution in [0.3, 0.4) is 0 Å². The molecule has 0 saturated carbocycles. The Hall–Kier alpha value is -3.90. The molecule has 0 atom stereocenters.